The molecule has 0 bridgehead atoms. The number of rotatable bonds is 3. The molecule has 0 saturated carbocycles. The van der Waals surface area contributed by atoms with Crippen LogP contribution in [0.4, 0.5) is 0 Å². The predicted octanol–water partition coefficient (Wildman–Crippen LogP) is 2.63. The summed E-state index contributed by atoms with van der Waals surface area (Å²) in [4.78, 5) is 0. The van der Waals surface area contributed by atoms with Crippen LogP contribution in [0.2, 0.25) is 0 Å². The first-order valence-electron chi connectivity index (χ1n) is 3.52. The van der Waals surface area contributed by atoms with Crippen molar-refractivity contribution >= 4 is 0 Å². The van der Waals surface area contributed by atoms with Gasteiger partial charge >= 0.3 is 0 Å². The monoisotopic (exact) mass is 130 g/mol. The Morgan fingerprint density at radius 2 is 1.56 bits per heavy atom. The van der Waals surface area contributed by atoms with Gasteiger partial charge in [-0.15, -0.1) is 6.58 Å². The zero-order chi connectivity index (χ0) is 7.54. The SMILES string of the molecule is C=CCC.CCOCC. The van der Waals surface area contributed by atoms with Crippen molar-refractivity contribution in [3.8, 4) is 0 Å². The molecule has 0 atom stereocenters. The van der Waals surface area contributed by atoms with Crippen LogP contribution >= 0.6 is 0 Å². The standard InChI is InChI=1S/C4H10O.C4H8/c1-3-5-4-2;1-3-4-2/h3-4H2,1-2H3;3H,1,4H2,2H3. The van der Waals surface area contributed by atoms with E-state index in [1.54, 1.807) is 0 Å². The highest BCUT2D eigenvalue weighted by molar-refractivity contribution is 4.60. The van der Waals surface area contributed by atoms with Crippen molar-refractivity contribution in [3.63, 3.8) is 0 Å². The Labute approximate surface area is 58.7 Å². The lowest BCUT2D eigenvalue weighted by molar-refractivity contribution is 0.162. The fraction of sp³-hybridized carbons (Fsp3) is 0.750. The molecule has 0 saturated heterocycles. The van der Waals surface area contributed by atoms with Crippen LogP contribution in [0, 0.1) is 0 Å². The summed E-state index contributed by atoms with van der Waals surface area (Å²) in [6.45, 7) is 11.2. The molecule has 0 heterocycles. The van der Waals surface area contributed by atoms with Gasteiger partial charge in [-0.3, -0.25) is 0 Å². The second kappa shape index (κ2) is 15.6. The van der Waals surface area contributed by atoms with Crippen molar-refractivity contribution in [2.75, 3.05) is 13.2 Å². The largest absolute Gasteiger partial charge is 0.382 e. The van der Waals surface area contributed by atoms with Gasteiger partial charge < -0.3 is 4.74 Å². The van der Waals surface area contributed by atoms with Gasteiger partial charge in [-0.1, -0.05) is 13.0 Å². The van der Waals surface area contributed by atoms with Gasteiger partial charge in [-0.05, 0) is 20.3 Å². The topological polar surface area (TPSA) is 9.23 Å². The maximum Gasteiger partial charge on any atom is 0.0437 e. The molecule has 0 aliphatic rings. The molecule has 0 unspecified atom stereocenters. The van der Waals surface area contributed by atoms with E-state index < -0.39 is 0 Å². The summed E-state index contributed by atoms with van der Waals surface area (Å²) in [5.74, 6) is 0. The fourth-order valence-corrected chi connectivity index (χ4v) is 0.204. The van der Waals surface area contributed by atoms with E-state index in [1.807, 2.05) is 19.9 Å². The first kappa shape index (κ1) is 11.5. The van der Waals surface area contributed by atoms with Crippen LogP contribution in [0.5, 0.6) is 0 Å². The summed E-state index contributed by atoms with van der Waals surface area (Å²) in [6.07, 6.45) is 2.96. The van der Waals surface area contributed by atoms with Gasteiger partial charge in [-0.25, -0.2) is 0 Å². The maximum absolute atomic E-state index is 4.83. The zero-order valence-corrected chi connectivity index (χ0v) is 6.81. The van der Waals surface area contributed by atoms with Crippen molar-refractivity contribution < 1.29 is 4.74 Å². The zero-order valence-electron chi connectivity index (χ0n) is 6.81. The Morgan fingerprint density at radius 1 is 1.22 bits per heavy atom. The van der Waals surface area contributed by atoms with Gasteiger partial charge in [0.2, 0.25) is 0 Å². The van der Waals surface area contributed by atoms with Crippen molar-refractivity contribution in [2.24, 2.45) is 0 Å². The van der Waals surface area contributed by atoms with E-state index in [1.165, 1.54) is 0 Å². The summed E-state index contributed by atoms with van der Waals surface area (Å²) in [5, 5.41) is 0. The van der Waals surface area contributed by atoms with Crippen LogP contribution < -0.4 is 0 Å². The molecular weight excluding hydrogens is 112 g/mol. The lowest BCUT2D eigenvalue weighted by atomic mass is 10.5. The van der Waals surface area contributed by atoms with E-state index in [0.717, 1.165) is 19.6 Å². The van der Waals surface area contributed by atoms with Gasteiger partial charge in [0.25, 0.3) is 0 Å². The molecule has 1 heteroatoms. The normalized spacial score (nSPS) is 7.44. The van der Waals surface area contributed by atoms with Gasteiger partial charge in [0.05, 0.1) is 0 Å². The molecule has 0 radical (unpaired) electrons. The maximum atomic E-state index is 4.83. The Bertz CT molecular complexity index is 39.8. The van der Waals surface area contributed by atoms with Crippen LogP contribution in [-0.2, 0) is 4.74 Å². The second-order valence-electron chi connectivity index (χ2n) is 1.48. The minimum Gasteiger partial charge on any atom is -0.382 e. The third-order valence-electron chi connectivity index (χ3n) is 0.697. The van der Waals surface area contributed by atoms with Crippen LogP contribution in [-0.4, -0.2) is 13.2 Å². The molecule has 0 amide bonds. The van der Waals surface area contributed by atoms with E-state index in [2.05, 4.69) is 13.5 Å². The molecule has 0 aliphatic heterocycles. The molecule has 0 fully saturated rings. The number of allylic oxidation sites excluding steroid dienone is 1. The third kappa shape index (κ3) is 34.3. The minimum atomic E-state index is 0.844. The van der Waals surface area contributed by atoms with Crippen molar-refractivity contribution in [1.82, 2.24) is 0 Å². The van der Waals surface area contributed by atoms with Crippen LogP contribution in [0.25, 0.3) is 0 Å². The summed E-state index contributed by atoms with van der Waals surface area (Å²) >= 11 is 0. The highest BCUT2D eigenvalue weighted by Gasteiger charge is 1.64. The lowest BCUT2D eigenvalue weighted by Crippen LogP contribution is -1.84. The van der Waals surface area contributed by atoms with Gasteiger partial charge in [0.15, 0.2) is 0 Å². The molecule has 0 spiro atoms. The second-order valence-corrected chi connectivity index (χ2v) is 1.48. The molecule has 56 valence electrons. The Hall–Kier alpha value is -0.300. The molecule has 0 rings (SSSR count). The van der Waals surface area contributed by atoms with Crippen molar-refractivity contribution in [3.05, 3.63) is 12.7 Å². The van der Waals surface area contributed by atoms with Crippen LogP contribution in [0.15, 0.2) is 12.7 Å². The molecule has 0 aliphatic carbocycles. The minimum absolute atomic E-state index is 0.844. The van der Waals surface area contributed by atoms with E-state index in [9.17, 15) is 0 Å². The molecule has 0 aromatic carbocycles. The molecule has 1 nitrogen and oxygen atoms in total. The highest BCUT2D eigenvalue weighted by atomic mass is 16.5. The quantitative estimate of drug-likeness (QED) is 0.534. The number of ether oxygens (including phenoxy) is 1. The van der Waals surface area contributed by atoms with Gasteiger partial charge in [0.1, 0.15) is 0 Å². The van der Waals surface area contributed by atoms with E-state index in [0.29, 0.717) is 0 Å². The fourth-order valence-electron chi connectivity index (χ4n) is 0.204. The summed E-state index contributed by atoms with van der Waals surface area (Å²) in [7, 11) is 0. The van der Waals surface area contributed by atoms with Gasteiger partial charge in [0, 0.05) is 13.2 Å². The predicted molar refractivity (Wildman–Crippen MR) is 42.7 cm³/mol. The lowest BCUT2D eigenvalue weighted by Gasteiger charge is -1.86. The Morgan fingerprint density at radius 3 is 1.56 bits per heavy atom. The average Bonchev–Trinajstić information content (AvgIpc) is 1.91. The van der Waals surface area contributed by atoms with E-state index in [-0.39, 0.29) is 0 Å². The van der Waals surface area contributed by atoms with Crippen molar-refractivity contribution in [1.29, 1.82) is 0 Å². The average molecular weight is 130 g/mol. The molecule has 0 N–H and O–H groups in total. The Balaban J connectivity index is 0. The first-order chi connectivity index (χ1) is 4.33. The van der Waals surface area contributed by atoms with Crippen LogP contribution in [0.1, 0.15) is 27.2 Å². The highest BCUT2D eigenvalue weighted by Crippen LogP contribution is 1.66. The molecular formula is C8H18O. The number of hydrogen-bond donors (Lipinski definition) is 0. The number of hydrogen-bond acceptors (Lipinski definition) is 1. The van der Waals surface area contributed by atoms with E-state index in [4.69, 9.17) is 4.74 Å². The molecule has 0 aromatic rings. The Kier molecular flexibility index (Phi) is 20.0. The van der Waals surface area contributed by atoms with Crippen LogP contribution in [0.3, 0.4) is 0 Å². The summed E-state index contributed by atoms with van der Waals surface area (Å²) < 4.78 is 4.83. The summed E-state index contributed by atoms with van der Waals surface area (Å²) in [6, 6.07) is 0. The van der Waals surface area contributed by atoms with Crippen molar-refractivity contribution in [2.45, 2.75) is 27.2 Å². The smallest absolute Gasteiger partial charge is 0.0437 e. The molecule has 0 aromatic heterocycles. The van der Waals surface area contributed by atoms with E-state index >= 15 is 0 Å². The first-order valence-corrected chi connectivity index (χ1v) is 3.52. The third-order valence-corrected chi connectivity index (χ3v) is 0.697. The summed E-state index contributed by atoms with van der Waals surface area (Å²) in [5.41, 5.74) is 0. The molecule has 9 heavy (non-hydrogen) atoms. The van der Waals surface area contributed by atoms with Gasteiger partial charge in [-0.2, -0.15) is 0 Å².